The highest BCUT2D eigenvalue weighted by Gasteiger charge is 2.35. The number of benzene rings is 1. The number of rotatable bonds is 4. The molecule has 24 heavy (non-hydrogen) atoms. The number of carbonyl (C=O) groups excluding carboxylic acids is 1. The lowest BCUT2D eigenvalue weighted by molar-refractivity contribution is 0.0916. The average molecular weight is 327 g/mol. The maximum Gasteiger partial charge on any atom is 0.251 e. The second kappa shape index (κ2) is 6.70. The highest BCUT2D eigenvalue weighted by molar-refractivity contribution is 5.94. The van der Waals surface area contributed by atoms with Crippen LogP contribution in [0, 0.1) is 0 Å². The highest BCUT2D eigenvalue weighted by Crippen LogP contribution is 2.19. The van der Waals surface area contributed by atoms with E-state index in [2.05, 4.69) is 20.4 Å². The second-order valence-corrected chi connectivity index (χ2v) is 6.34. The van der Waals surface area contributed by atoms with E-state index in [0.29, 0.717) is 24.8 Å². The molecule has 2 fully saturated rings. The molecule has 2 aromatic rings. The number of hydrogen-bond acceptors (Lipinski definition) is 5. The van der Waals surface area contributed by atoms with Crippen LogP contribution in [-0.4, -0.2) is 64.0 Å². The van der Waals surface area contributed by atoms with E-state index >= 15 is 0 Å². The third kappa shape index (κ3) is 3.05. The minimum atomic E-state index is -0.0509. The minimum Gasteiger partial charge on any atom is -0.378 e. The first kappa shape index (κ1) is 15.3. The third-order valence-corrected chi connectivity index (χ3v) is 4.82. The Morgan fingerprint density at radius 2 is 1.79 bits per heavy atom. The smallest absolute Gasteiger partial charge is 0.251 e. The molecule has 0 aliphatic carbocycles. The van der Waals surface area contributed by atoms with Gasteiger partial charge >= 0.3 is 0 Å². The summed E-state index contributed by atoms with van der Waals surface area (Å²) in [5, 5.41) is 10.7. The maximum absolute atomic E-state index is 12.5. The van der Waals surface area contributed by atoms with Gasteiger partial charge in [0.05, 0.1) is 25.3 Å². The lowest BCUT2D eigenvalue weighted by Gasteiger charge is -2.27. The average Bonchev–Trinajstić information content (AvgIpc) is 3.36. The molecule has 4 rings (SSSR count). The summed E-state index contributed by atoms with van der Waals surface area (Å²) in [5.74, 6) is -0.0509. The molecule has 0 radical (unpaired) electrons. The minimum absolute atomic E-state index is 0.0509. The van der Waals surface area contributed by atoms with Crippen LogP contribution >= 0.6 is 0 Å². The molecule has 0 bridgehead atoms. The van der Waals surface area contributed by atoms with Crippen molar-refractivity contribution in [3.63, 3.8) is 0 Å². The Hall–Kier alpha value is -2.25. The summed E-state index contributed by atoms with van der Waals surface area (Å²) in [7, 11) is 0. The molecule has 2 atom stereocenters. The summed E-state index contributed by atoms with van der Waals surface area (Å²) in [6.07, 6.45) is 5.74. The predicted octanol–water partition coefficient (Wildman–Crippen LogP) is 0.860. The first-order valence-corrected chi connectivity index (χ1v) is 8.39. The lowest BCUT2D eigenvalue weighted by Crippen LogP contribution is -2.50. The van der Waals surface area contributed by atoms with Gasteiger partial charge < -0.3 is 10.1 Å². The predicted molar refractivity (Wildman–Crippen MR) is 88.0 cm³/mol. The zero-order chi connectivity index (χ0) is 16.4. The first-order chi connectivity index (χ1) is 11.8. The van der Waals surface area contributed by atoms with Crippen molar-refractivity contribution in [3.8, 4) is 5.69 Å². The molecule has 0 spiro atoms. The highest BCUT2D eigenvalue weighted by atomic mass is 16.5. The van der Waals surface area contributed by atoms with Gasteiger partial charge in [0.2, 0.25) is 0 Å². The van der Waals surface area contributed by atoms with Gasteiger partial charge in [-0.25, -0.2) is 0 Å². The van der Waals surface area contributed by atoms with Gasteiger partial charge in [0.1, 0.15) is 12.7 Å². The van der Waals surface area contributed by atoms with E-state index in [-0.39, 0.29) is 11.9 Å². The molecule has 1 aromatic heterocycles. The van der Waals surface area contributed by atoms with Crippen LogP contribution in [0.1, 0.15) is 23.2 Å². The lowest BCUT2D eigenvalue weighted by atomic mass is 10.1. The summed E-state index contributed by atoms with van der Waals surface area (Å²) in [5.41, 5.74) is 1.58. The van der Waals surface area contributed by atoms with Crippen molar-refractivity contribution in [3.05, 3.63) is 42.5 Å². The normalized spacial score (nSPS) is 24.3. The Kier molecular flexibility index (Phi) is 4.27. The third-order valence-electron chi connectivity index (χ3n) is 4.82. The molecule has 7 nitrogen and oxygen atoms in total. The summed E-state index contributed by atoms with van der Waals surface area (Å²) in [6, 6.07) is 7.79. The van der Waals surface area contributed by atoms with E-state index in [1.54, 1.807) is 17.2 Å². The van der Waals surface area contributed by atoms with E-state index in [1.165, 1.54) is 12.8 Å². The standard InChI is InChI=1S/C17H21N5O2/c23-17(13-3-5-14(6-4-13)22-11-18-19-12-22)20-15-9-24-10-16(15)21-7-1-2-8-21/h3-6,11-12,15-16H,1-2,7-10H2,(H,20,23)/t15-,16-/m0/s1. The monoisotopic (exact) mass is 327 g/mol. The van der Waals surface area contributed by atoms with Crippen LogP contribution in [0.4, 0.5) is 0 Å². The van der Waals surface area contributed by atoms with Gasteiger partial charge in [-0.1, -0.05) is 0 Å². The van der Waals surface area contributed by atoms with Gasteiger partial charge in [-0.05, 0) is 50.2 Å². The van der Waals surface area contributed by atoms with Crippen LogP contribution in [-0.2, 0) is 4.74 Å². The Labute approximate surface area is 140 Å². The van der Waals surface area contributed by atoms with Gasteiger partial charge in [0.15, 0.2) is 0 Å². The van der Waals surface area contributed by atoms with Crippen LogP contribution in [0.3, 0.4) is 0 Å². The van der Waals surface area contributed by atoms with Crippen LogP contribution in [0.5, 0.6) is 0 Å². The van der Waals surface area contributed by atoms with Crippen molar-refractivity contribution < 1.29 is 9.53 Å². The Morgan fingerprint density at radius 1 is 1.08 bits per heavy atom. The first-order valence-electron chi connectivity index (χ1n) is 8.39. The fourth-order valence-corrected chi connectivity index (χ4v) is 3.48. The zero-order valence-electron chi connectivity index (χ0n) is 13.5. The molecule has 1 aromatic carbocycles. The Morgan fingerprint density at radius 3 is 2.50 bits per heavy atom. The van der Waals surface area contributed by atoms with E-state index in [4.69, 9.17) is 4.74 Å². The van der Waals surface area contributed by atoms with Crippen LogP contribution < -0.4 is 5.32 Å². The maximum atomic E-state index is 12.5. The Bertz CT molecular complexity index is 680. The molecule has 2 saturated heterocycles. The molecule has 3 heterocycles. The number of hydrogen-bond donors (Lipinski definition) is 1. The summed E-state index contributed by atoms with van der Waals surface area (Å²) >= 11 is 0. The van der Waals surface area contributed by atoms with Gasteiger partial charge in [-0.15, -0.1) is 10.2 Å². The van der Waals surface area contributed by atoms with Crippen LogP contribution in [0.15, 0.2) is 36.9 Å². The van der Waals surface area contributed by atoms with E-state index in [1.807, 2.05) is 24.3 Å². The van der Waals surface area contributed by atoms with Crippen LogP contribution in [0.2, 0.25) is 0 Å². The van der Waals surface area contributed by atoms with Crippen molar-refractivity contribution in [2.75, 3.05) is 26.3 Å². The van der Waals surface area contributed by atoms with Crippen molar-refractivity contribution in [1.29, 1.82) is 0 Å². The van der Waals surface area contributed by atoms with Gasteiger partial charge in [-0.2, -0.15) is 0 Å². The van der Waals surface area contributed by atoms with Crippen molar-refractivity contribution >= 4 is 5.91 Å². The van der Waals surface area contributed by atoms with Gasteiger partial charge in [0.25, 0.3) is 5.91 Å². The molecular formula is C17H21N5O2. The summed E-state index contributed by atoms with van der Waals surface area (Å²) in [6.45, 7) is 3.51. The molecule has 7 heteroatoms. The van der Waals surface area contributed by atoms with Crippen molar-refractivity contribution in [2.45, 2.75) is 24.9 Å². The molecule has 1 N–H and O–H groups in total. The largest absolute Gasteiger partial charge is 0.378 e. The second-order valence-electron chi connectivity index (χ2n) is 6.34. The SMILES string of the molecule is O=C(N[C@H]1COC[C@@H]1N1CCCC1)c1ccc(-n2cnnc2)cc1. The van der Waals surface area contributed by atoms with Crippen LogP contribution in [0.25, 0.3) is 5.69 Å². The van der Waals surface area contributed by atoms with E-state index in [0.717, 1.165) is 18.8 Å². The molecule has 0 saturated carbocycles. The molecule has 2 aliphatic rings. The molecule has 126 valence electrons. The number of nitrogens with one attached hydrogen (secondary N) is 1. The number of likely N-dealkylation sites (tertiary alicyclic amines) is 1. The zero-order valence-corrected chi connectivity index (χ0v) is 13.5. The van der Waals surface area contributed by atoms with Gasteiger partial charge in [-0.3, -0.25) is 14.3 Å². The number of nitrogens with zero attached hydrogens (tertiary/aromatic N) is 4. The topological polar surface area (TPSA) is 72.3 Å². The summed E-state index contributed by atoms with van der Waals surface area (Å²) in [4.78, 5) is 15.0. The quantitative estimate of drug-likeness (QED) is 0.902. The molecular weight excluding hydrogens is 306 g/mol. The fourth-order valence-electron chi connectivity index (χ4n) is 3.48. The van der Waals surface area contributed by atoms with Crippen molar-refractivity contribution in [2.24, 2.45) is 0 Å². The van der Waals surface area contributed by atoms with Crippen molar-refractivity contribution in [1.82, 2.24) is 25.0 Å². The van der Waals surface area contributed by atoms with E-state index < -0.39 is 0 Å². The fraction of sp³-hybridized carbons (Fsp3) is 0.471. The van der Waals surface area contributed by atoms with E-state index in [9.17, 15) is 4.79 Å². The summed E-state index contributed by atoms with van der Waals surface area (Å²) < 4.78 is 7.41. The number of amides is 1. The molecule has 2 aliphatic heterocycles. The Balaban J connectivity index is 1.42. The number of carbonyl (C=O) groups is 1. The number of ether oxygens (including phenoxy) is 1. The molecule has 0 unspecified atom stereocenters. The molecule has 1 amide bonds. The number of aromatic nitrogens is 3. The van der Waals surface area contributed by atoms with Gasteiger partial charge in [0, 0.05) is 11.3 Å².